The van der Waals surface area contributed by atoms with Gasteiger partial charge in [-0.05, 0) is 56.7 Å². The Hall–Kier alpha value is -3.52. The van der Waals surface area contributed by atoms with E-state index in [1.165, 1.54) is 29.3 Å². The molecule has 5 rings (SSSR count). The Morgan fingerprint density at radius 3 is 2.73 bits per heavy atom. The molecule has 0 aliphatic carbocycles. The molecular weight excluding hydrogens is 425 g/mol. The minimum Gasteiger partial charge on any atom is -0.459 e. The summed E-state index contributed by atoms with van der Waals surface area (Å²) in [6.45, 7) is 6.25. The summed E-state index contributed by atoms with van der Waals surface area (Å²) in [5, 5.41) is 0.881. The molecule has 4 heterocycles. The fraction of sp³-hybridized carbons (Fsp3) is 0.320. The lowest BCUT2D eigenvalue weighted by molar-refractivity contribution is -0.140. The van der Waals surface area contributed by atoms with Crippen LogP contribution in [-0.2, 0) is 19.7 Å². The molecule has 170 valence electrons. The molecule has 0 unspecified atom stereocenters. The number of rotatable bonds is 3. The zero-order valence-electron chi connectivity index (χ0n) is 18.6. The van der Waals surface area contributed by atoms with Crippen LogP contribution in [0.3, 0.4) is 0 Å². The molecule has 0 radical (unpaired) electrons. The highest BCUT2D eigenvalue weighted by Crippen LogP contribution is 2.44. The Morgan fingerprint density at radius 1 is 1.27 bits per heavy atom. The fourth-order valence-electron chi connectivity index (χ4n) is 4.54. The summed E-state index contributed by atoms with van der Waals surface area (Å²) < 4.78 is 24.9. The third-order valence-electron chi connectivity index (χ3n) is 6.11. The van der Waals surface area contributed by atoms with E-state index in [1.54, 1.807) is 27.0 Å². The number of aryl methyl sites for hydroxylation is 1. The summed E-state index contributed by atoms with van der Waals surface area (Å²) in [4.78, 5) is 35.9. The maximum absolute atomic E-state index is 13.8. The molecule has 1 N–H and O–H groups in total. The predicted octanol–water partition coefficient (Wildman–Crippen LogP) is 3.73. The number of benzene rings is 1. The number of hydrogen-bond donors (Lipinski definition) is 1. The molecule has 8 heteroatoms. The number of nitrogens with zero attached hydrogens (tertiary/aromatic N) is 2. The maximum atomic E-state index is 13.8. The quantitative estimate of drug-likeness (QED) is 0.616. The molecule has 1 fully saturated rings. The second-order valence-electron chi connectivity index (χ2n) is 8.94. The van der Waals surface area contributed by atoms with Crippen molar-refractivity contribution < 1.29 is 23.5 Å². The number of ether oxygens (including phenoxy) is 2. The van der Waals surface area contributed by atoms with E-state index in [1.807, 2.05) is 12.1 Å². The van der Waals surface area contributed by atoms with Gasteiger partial charge in [0.25, 0.3) is 5.91 Å². The van der Waals surface area contributed by atoms with Gasteiger partial charge in [-0.15, -0.1) is 0 Å². The first-order valence-corrected chi connectivity index (χ1v) is 10.8. The SMILES string of the molecule is Cc1cc(C(=O)N2C=C(C(=O)OC(C)C)c3[nH]c4ncccc4c3C3(COC3)C2)ccc1F. The molecule has 2 aromatic heterocycles. The Kier molecular flexibility index (Phi) is 5.05. The van der Waals surface area contributed by atoms with Crippen molar-refractivity contribution in [2.24, 2.45) is 0 Å². The zero-order chi connectivity index (χ0) is 23.3. The van der Waals surface area contributed by atoms with E-state index < -0.39 is 11.4 Å². The van der Waals surface area contributed by atoms with Gasteiger partial charge in [0.05, 0.1) is 36.0 Å². The van der Waals surface area contributed by atoms with Crippen molar-refractivity contribution in [2.75, 3.05) is 19.8 Å². The van der Waals surface area contributed by atoms with Crippen LogP contribution < -0.4 is 0 Å². The average molecular weight is 449 g/mol. The van der Waals surface area contributed by atoms with Crippen LogP contribution in [0.4, 0.5) is 4.39 Å². The normalized spacial score (nSPS) is 16.9. The molecule has 1 spiro atoms. The van der Waals surface area contributed by atoms with Gasteiger partial charge in [0, 0.05) is 35.5 Å². The van der Waals surface area contributed by atoms with Crippen molar-refractivity contribution in [3.8, 4) is 0 Å². The molecule has 1 amide bonds. The third kappa shape index (κ3) is 3.51. The van der Waals surface area contributed by atoms with Crippen LogP contribution in [0, 0.1) is 12.7 Å². The number of fused-ring (bicyclic) bond motifs is 4. The monoisotopic (exact) mass is 449 g/mol. The van der Waals surface area contributed by atoms with Crippen molar-refractivity contribution in [2.45, 2.75) is 32.3 Å². The van der Waals surface area contributed by atoms with Crippen LogP contribution in [0.1, 0.15) is 41.0 Å². The fourth-order valence-corrected chi connectivity index (χ4v) is 4.54. The van der Waals surface area contributed by atoms with Crippen LogP contribution in [0.15, 0.2) is 42.7 Å². The van der Waals surface area contributed by atoms with E-state index in [0.717, 1.165) is 10.9 Å². The number of hydrogen-bond acceptors (Lipinski definition) is 5. The van der Waals surface area contributed by atoms with E-state index in [-0.39, 0.29) is 23.4 Å². The molecule has 7 nitrogen and oxygen atoms in total. The standard InChI is InChI=1S/C25H24FN3O4/c1-14(2)33-24(31)18-10-29(23(30)16-6-7-19(26)15(3)9-16)11-25(12-32-13-25)20-17-5-4-8-27-22(17)28-21(18)20/h4-10,14H,11-13H2,1-3H3,(H,27,28). The van der Waals surface area contributed by atoms with Gasteiger partial charge in [0.1, 0.15) is 11.5 Å². The molecule has 1 aromatic carbocycles. The number of pyridine rings is 1. The number of nitrogens with one attached hydrogen (secondary N) is 1. The Morgan fingerprint density at radius 2 is 2.06 bits per heavy atom. The molecule has 0 saturated carbocycles. The van der Waals surface area contributed by atoms with Gasteiger partial charge in [-0.3, -0.25) is 4.79 Å². The number of esters is 1. The van der Waals surface area contributed by atoms with E-state index in [4.69, 9.17) is 9.47 Å². The minimum absolute atomic E-state index is 0.243. The van der Waals surface area contributed by atoms with E-state index in [0.29, 0.717) is 42.2 Å². The molecule has 2 aliphatic heterocycles. The molecule has 33 heavy (non-hydrogen) atoms. The zero-order valence-corrected chi connectivity index (χ0v) is 18.6. The van der Waals surface area contributed by atoms with Crippen molar-refractivity contribution in [1.29, 1.82) is 0 Å². The van der Waals surface area contributed by atoms with Gasteiger partial charge >= 0.3 is 5.97 Å². The van der Waals surface area contributed by atoms with Crippen molar-refractivity contribution in [3.05, 3.63) is 70.9 Å². The Labute approximate surface area is 190 Å². The van der Waals surface area contributed by atoms with Gasteiger partial charge in [-0.25, -0.2) is 14.2 Å². The van der Waals surface area contributed by atoms with Crippen LogP contribution >= 0.6 is 0 Å². The molecule has 1 saturated heterocycles. The topological polar surface area (TPSA) is 84.5 Å². The maximum Gasteiger partial charge on any atom is 0.342 e. The van der Waals surface area contributed by atoms with Crippen molar-refractivity contribution >= 4 is 28.5 Å². The number of carbonyl (C=O) groups is 2. The first kappa shape index (κ1) is 21.3. The van der Waals surface area contributed by atoms with E-state index in [2.05, 4.69) is 9.97 Å². The third-order valence-corrected chi connectivity index (χ3v) is 6.11. The Bertz CT molecular complexity index is 1310. The smallest absolute Gasteiger partial charge is 0.342 e. The van der Waals surface area contributed by atoms with Gasteiger partial charge in [0.15, 0.2) is 0 Å². The summed E-state index contributed by atoms with van der Waals surface area (Å²) >= 11 is 0. The average Bonchev–Trinajstić information content (AvgIpc) is 3.05. The number of halogens is 1. The molecular formula is C25H24FN3O4. The van der Waals surface area contributed by atoms with Crippen LogP contribution in [-0.4, -0.2) is 52.6 Å². The molecule has 0 atom stereocenters. The van der Waals surface area contributed by atoms with Gasteiger partial charge in [-0.1, -0.05) is 0 Å². The van der Waals surface area contributed by atoms with Crippen molar-refractivity contribution in [3.63, 3.8) is 0 Å². The Balaban J connectivity index is 1.68. The van der Waals surface area contributed by atoms with Gasteiger partial charge < -0.3 is 19.4 Å². The lowest BCUT2D eigenvalue weighted by atomic mass is 9.76. The van der Waals surface area contributed by atoms with E-state index >= 15 is 0 Å². The van der Waals surface area contributed by atoms with Gasteiger partial charge in [-0.2, -0.15) is 0 Å². The summed E-state index contributed by atoms with van der Waals surface area (Å²) in [7, 11) is 0. The predicted molar refractivity (Wildman–Crippen MR) is 120 cm³/mol. The minimum atomic E-state index is -0.539. The van der Waals surface area contributed by atoms with Gasteiger partial charge in [0.2, 0.25) is 0 Å². The van der Waals surface area contributed by atoms with Crippen LogP contribution in [0.5, 0.6) is 0 Å². The molecule has 2 aliphatic rings. The first-order chi connectivity index (χ1) is 15.8. The largest absolute Gasteiger partial charge is 0.459 e. The van der Waals surface area contributed by atoms with Crippen LogP contribution in [0.2, 0.25) is 0 Å². The van der Waals surface area contributed by atoms with Crippen LogP contribution in [0.25, 0.3) is 16.6 Å². The molecule has 0 bridgehead atoms. The number of H-pyrrole nitrogens is 1. The summed E-state index contributed by atoms with van der Waals surface area (Å²) in [6, 6.07) is 8.05. The summed E-state index contributed by atoms with van der Waals surface area (Å²) in [5.41, 5.74) is 2.59. The summed E-state index contributed by atoms with van der Waals surface area (Å²) in [5.74, 6) is -1.24. The number of amides is 1. The first-order valence-electron chi connectivity index (χ1n) is 10.8. The second kappa shape index (κ2) is 7.81. The summed E-state index contributed by atoms with van der Waals surface area (Å²) in [6.07, 6.45) is 2.88. The van der Waals surface area contributed by atoms with E-state index in [9.17, 15) is 14.0 Å². The number of aromatic nitrogens is 2. The number of aromatic amines is 1. The lowest BCUT2D eigenvalue weighted by Crippen LogP contribution is -2.54. The van der Waals surface area contributed by atoms with Crippen molar-refractivity contribution in [1.82, 2.24) is 14.9 Å². The second-order valence-corrected chi connectivity index (χ2v) is 8.94. The highest BCUT2D eigenvalue weighted by molar-refractivity contribution is 6.18. The highest BCUT2D eigenvalue weighted by atomic mass is 19.1. The number of carbonyl (C=O) groups excluding carboxylic acids is 2. The molecule has 3 aromatic rings. The highest BCUT2D eigenvalue weighted by Gasteiger charge is 2.48. The lowest BCUT2D eigenvalue weighted by Gasteiger charge is -2.43.